The van der Waals surface area contributed by atoms with Gasteiger partial charge in [0.1, 0.15) is 17.2 Å². The minimum atomic E-state index is 0.691. The average molecular weight is 247 g/mol. The van der Waals surface area contributed by atoms with Gasteiger partial charge in [-0.25, -0.2) is 19.9 Å². The van der Waals surface area contributed by atoms with Crippen molar-refractivity contribution < 1.29 is 0 Å². The molecule has 0 saturated carbocycles. The Labute approximate surface area is 104 Å². The van der Waals surface area contributed by atoms with Gasteiger partial charge < -0.3 is 5.32 Å². The fourth-order valence-electron chi connectivity index (χ4n) is 1.31. The summed E-state index contributed by atoms with van der Waals surface area (Å²) < 4.78 is 0. The van der Waals surface area contributed by atoms with Crippen molar-refractivity contribution in [3.8, 4) is 0 Å². The van der Waals surface area contributed by atoms with Crippen LogP contribution in [0.1, 0.15) is 12.5 Å². The van der Waals surface area contributed by atoms with Gasteiger partial charge in [0.2, 0.25) is 0 Å². The maximum absolute atomic E-state index is 4.25. The van der Waals surface area contributed by atoms with E-state index in [1.165, 1.54) is 11.8 Å². The van der Waals surface area contributed by atoms with Crippen LogP contribution in [0.5, 0.6) is 0 Å². The summed E-state index contributed by atoms with van der Waals surface area (Å²) in [6.45, 7) is 4.86. The molecule has 0 amide bonds. The van der Waals surface area contributed by atoms with E-state index in [4.69, 9.17) is 0 Å². The lowest BCUT2D eigenvalue weighted by Crippen LogP contribution is -2.03. The Kier molecular flexibility index (Phi) is 3.87. The molecule has 0 unspecified atom stereocenters. The Morgan fingerprint density at radius 1 is 1.18 bits per heavy atom. The fourth-order valence-corrected chi connectivity index (χ4v) is 2.06. The predicted octanol–water partition coefficient (Wildman–Crippen LogP) is 2.16. The molecule has 0 atom stereocenters. The zero-order valence-corrected chi connectivity index (χ0v) is 10.5. The van der Waals surface area contributed by atoms with Gasteiger partial charge in [0.15, 0.2) is 5.16 Å². The summed E-state index contributed by atoms with van der Waals surface area (Å²) in [6, 6.07) is 1.79. The molecule has 1 N–H and O–H groups in total. The summed E-state index contributed by atoms with van der Waals surface area (Å²) in [5.41, 5.74) is 1.02. The van der Waals surface area contributed by atoms with E-state index >= 15 is 0 Å². The largest absolute Gasteiger partial charge is 0.370 e. The van der Waals surface area contributed by atoms with Crippen LogP contribution in [0.25, 0.3) is 0 Å². The topological polar surface area (TPSA) is 63.6 Å². The number of nitrogens with one attached hydrogen (secondary N) is 1. The first-order valence-electron chi connectivity index (χ1n) is 5.31. The molecular weight excluding hydrogens is 234 g/mol. The van der Waals surface area contributed by atoms with Crippen molar-refractivity contribution >= 4 is 17.6 Å². The molecule has 6 heteroatoms. The smallest absolute Gasteiger partial charge is 0.193 e. The highest BCUT2D eigenvalue weighted by molar-refractivity contribution is 7.99. The highest BCUT2D eigenvalue weighted by Gasteiger charge is 2.08. The first-order valence-corrected chi connectivity index (χ1v) is 6.13. The monoisotopic (exact) mass is 247 g/mol. The molecule has 0 radical (unpaired) electrons. The van der Waals surface area contributed by atoms with Crippen LogP contribution in [0, 0.1) is 6.92 Å². The van der Waals surface area contributed by atoms with Crippen LogP contribution in [-0.2, 0) is 0 Å². The van der Waals surface area contributed by atoms with Crippen LogP contribution in [0.3, 0.4) is 0 Å². The summed E-state index contributed by atoms with van der Waals surface area (Å²) in [6.07, 6.45) is 4.99. The van der Waals surface area contributed by atoms with Gasteiger partial charge in [0, 0.05) is 24.5 Å². The first-order chi connectivity index (χ1) is 8.31. The number of rotatable bonds is 4. The molecule has 0 aliphatic rings. The van der Waals surface area contributed by atoms with E-state index in [-0.39, 0.29) is 0 Å². The Morgan fingerprint density at radius 2 is 1.94 bits per heavy atom. The second-order valence-electron chi connectivity index (χ2n) is 3.32. The van der Waals surface area contributed by atoms with E-state index in [2.05, 4.69) is 25.3 Å². The highest BCUT2D eigenvalue weighted by Crippen LogP contribution is 2.27. The number of hydrogen-bond acceptors (Lipinski definition) is 6. The molecular formula is C11H13N5S. The van der Waals surface area contributed by atoms with Crippen molar-refractivity contribution in [2.24, 2.45) is 0 Å². The molecule has 0 saturated heterocycles. The van der Waals surface area contributed by atoms with Crippen molar-refractivity contribution in [1.82, 2.24) is 19.9 Å². The summed E-state index contributed by atoms with van der Waals surface area (Å²) in [7, 11) is 0. The zero-order chi connectivity index (χ0) is 12.1. The average Bonchev–Trinajstić information content (AvgIpc) is 2.36. The van der Waals surface area contributed by atoms with Crippen molar-refractivity contribution in [1.29, 1.82) is 0 Å². The van der Waals surface area contributed by atoms with Gasteiger partial charge in [-0.05, 0) is 31.7 Å². The van der Waals surface area contributed by atoms with Gasteiger partial charge in [-0.15, -0.1) is 0 Å². The lowest BCUT2D eigenvalue weighted by molar-refractivity contribution is 0.944. The van der Waals surface area contributed by atoms with E-state index in [9.17, 15) is 0 Å². The Morgan fingerprint density at radius 3 is 2.65 bits per heavy atom. The zero-order valence-electron chi connectivity index (χ0n) is 9.71. The van der Waals surface area contributed by atoms with Crippen LogP contribution < -0.4 is 5.32 Å². The van der Waals surface area contributed by atoms with Gasteiger partial charge in [-0.1, -0.05) is 0 Å². The van der Waals surface area contributed by atoms with Crippen molar-refractivity contribution in [3.05, 3.63) is 30.4 Å². The van der Waals surface area contributed by atoms with Crippen molar-refractivity contribution in [3.63, 3.8) is 0 Å². The maximum atomic E-state index is 4.25. The molecule has 5 nitrogen and oxygen atoms in total. The molecule has 0 aliphatic heterocycles. The number of anilines is 1. The first kappa shape index (κ1) is 11.8. The Balaban J connectivity index is 2.24. The van der Waals surface area contributed by atoms with Crippen LogP contribution in [0.15, 0.2) is 35.0 Å². The lowest BCUT2D eigenvalue weighted by Gasteiger charge is -2.08. The van der Waals surface area contributed by atoms with Gasteiger partial charge in [0.25, 0.3) is 0 Å². The number of nitrogens with zero attached hydrogens (tertiary/aromatic N) is 4. The maximum Gasteiger partial charge on any atom is 0.193 e. The third-order valence-electron chi connectivity index (χ3n) is 2.11. The predicted molar refractivity (Wildman–Crippen MR) is 67.1 cm³/mol. The highest BCUT2D eigenvalue weighted by atomic mass is 32.2. The number of hydrogen-bond donors (Lipinski definition) is 1. The molecule has 88 valence electrons. The van der Waals surface area contributed by atoms with Crippen LogP contribution in [0.2, 0.25) is 0 Å². The summed E-state index contributed by atoms with van der Waals surface area (Å²) >= 11 is 1.44. The quantitative estimate of drug-likeness (QED) is 0.660. The van der Waals surface area contributed by atoms with Crippen molar-refractivity contribution in [2.75, 3.05) is 11.9 Å². The Bertz CT molecular complexity index is 488. The van der Waals surface area contributed by atoms with E-state index < -0.39 is 0 Å². The molecule has 2 rings (SSSR count). The minimum absolute atomic E-state index is 0.691. The van der Waals surface area contributed by atoms with Crippen molar-refractivity contribution in [2.45, 2.75) is 24.0 Å². The molecule has 0 spiro atoms. The molecule has 2 aromatic rings. The third-order valence-corrected chi connectivity index (χ3v) is 3.11. The normalized spacial score (nSPS) is 10.2. The second kappa shape index (κ2) is 5.58. The third kappa shape index (κ3) is 2.91. The van der Waals surface area contributed by atoms with Gasteiger partial charge in [-0.3, -0.25) is 0 Å². The van der Waals surface area contributed by atoms with E-state index in [1.54, 1.807) is 24.8 Å². The van der Waals surface area contributed by atoms with Crippen LogP contribution in [0.4, 0.5) is 5.82 Å². The number of aromatic nitrogens is 4. The molecule has 0 bridgehead atoms. The van der Waals surface area contributed by atoms with E-state index in [0.717, 1.165) is 23.0 Å². The minimum Gasteiger partial charge on any atom is -0.370 e. The lowest BCUT2D eigenvalue weighted by atomic mass is 10.3. The summed E-state index contributed by atoms with van der Waals surface area (Å²) in [5.74, 6) is 0.862. The summed E-state index contributed by atoms with van der Waals surface area (Å²) in [5, 5.41) is 4.77. The van der Waals surface area contributed by atoms with Gasteiger partial charge in [-0.2, -0.15) is 0 Å². The molecule has 0 fully saturated rings. The van der Waals surface area contributed by atoms with E-state index in [0.29, 0.717) is 5.16 Å². The summed E-state index contributed by atoms with van der Waals surface area (Å²) in [4.78, 5) is 16.8. The van der Waals surface area contributed by atoms with E-state index in [1.807, 2.05) is 13.8 Å². The van der Waals surface area contributed by atoms with Gasteiger partial charge >= 0.3 is 0 Å². The molecule has 2 aromatic heterocycles. The second-order valence-corrected chi connectivity index (χ2v) is 4.27. The Hall–Kier alpha value is -1.69. The molecule has 17 heavy (non-hydrogen) atoms. The molecule has 0 aromatic carbocycles. The van der Waals surface area contributed by atoms with Gasteiger partial charge in [0.05, 0.1) is 0 Å². The van der Waals surface area contributed by atoms with Crippen LogP contribution >= 0.6 is 11.8 Å². The van der Waals surface area contributed by atoms with Crippen LogP contribution in [-0.4, -0.2) is 26.5 Å². The molecule has 0 aliphatic carbocycles. The molecule has 2 heterocycles. The standard InChI is InChI=1S/C11H13N5S/c1-3-12-9-8(2)10(16-7-15-9)17-11-13-5-4-6-14-11/h4-7H,3H2,1-2H3,(H,12,15,16). The SMILES string of the molecule is CCNc1ncnc(Sc2ncccn2)c1C. The fraction of sp³-hybridized carbons (Fsp3) is 0.273.